The quantitative estimate of drug-likeness (QED) is 0.425. The molecule has 4 aromatic heterocycles. The van der Waals surface area contributed by atoms with Gasteiger partial charge in [-0.2, -0.15) is 5.10 Å². The van der Waals surface area contributed by atoms with Gasteiger partial charge in [-0.05, 0) is 37.1 Å². The fourth-order valence-electron chi connectivity index (χ4n) is 4.12. The van der Waals surface area contributed by atoms with E-state index >= 15 is 0 Å². The summed E-state index contributed by atoms with van der Waals surface area (Å²) in [7, 11) is 0. The van der Waals surface area contributed by atoms with Crippen LogP contribution in [-0.2, 0) is 4.79 Å². The highest BCUT2D eigenvalue weighted by molar-refractivity contribution is 7.14. The Labute approximate surface area is 199 Å². The van der Waals surface area contributed by atoms with E-state index < -0.39 is 0 Å². The van der Waals surface area contributed by atoms with Crippen molar-refractivity contribution < 1.29 is 9.59 Å². The molecule has 1 fully saturated rings. The van der Waals surface area contributed by atoms with Crippen LogP contribution in [0.2, 0.25) is 0 Å². The molecule has 0 spiro atoms. The predicted molar refractivity (Wildman–Crippen MR) is 130 cm³/mol. The monoisotopic (exact) mass is 474 g/mol. The van der Waals surface area contributed by atoms with Crippen molar-refractivity contribution in [3.8, 4) is 10.6 Å². The molecule has 1 aliphatic rings. The van der Waals surface area contributed by atoms with Gasteiger partial charge in [0.1, 0.15) is 17.8 Å². The molecule has 172 valence electrons. The summed E-state index contributed by atoms with van der Waals surface area (Å²) in [5.74, 6) is -0.0107. The van der Waals surface area contributed by atoms with Crippen molar-refractivity contribution in [2.75, 3.05) is 24.1 Å². The molecule has 1 atom stereocenters. The van der Waals surface area contributed by atoms with Crippen LogP contribution < -0.4 is 11.1 Å². The van der Waals surface area contributed by atoms with Crippen LogP contribution >= 0.6 is 11.3 Å². The zero-order valence-electron chi connectivity index (χ0n) is 18.2. The summed E-state index contributed by atoms with van der Waals surface area (Å²) in [4.78, 5) is 40.0. The Balaban J connectivity index is 1.50. The van der Waals surface area contributed by atoms with Crippen LogP contribution in [0.5, 0.6) is 0 Å². The molecule has 4 aromatic rings. The van der Waals surface area contributed by atoms with E-state index in [1.165, 1.54) is 23.7 Å². The first-order valence-corrected chi connectivity index (χ1v) is 11.6. The van der Waals surface area contributed by atoms with Crippen LogP contribution in [-0.4, -0.2) is 54.5 Å². The Kier molecular flexibility index (Phi) is 5.76. The standard InChI is InChI=1S/C23H22N8O2S/c1-2-18(32)30-9-3-4-16(11-30)31-22-19(21(24)26-13-27-22)20(29-31)17-10-14(12-34-17)23(33)28-15-5-7-25-8-6-15/h2,5-8,10,12-13,16H,1,3-4,9,11H2,(H2,24,26,27)(H,25,28,33)/t16-/m1/s1. The van der Waals surface area contributed by atoms with Gasteiger partial charge < -0.3 is 16.0 Å². The van der Waals surface area contributed by atoms with Crippen molar-refractivity contribution in [2.24, 2.45) is 0 Å². The largest absolute Gasteiger partial charge is 0.383 e. The van der Waals surface area contributed by atoms with Gasteiger partial charge in [-0.3, -0.25) is 14.6 Å². The lowest BCUT2D eigenvalue weighted by molar-refractivity contribution is -0.127. The second kappa shape index (κ2) is 9.02. The van der Waals surface area contributed by atoms with Gasteiger partial charge in [0.05, 0.1) is 21.9 Å². The van der Waals surface area contributed by atoms with E-state index in [1.807, 2.05) is 4.68 Å². The second-order valence-electron chi connectivity index (χ2n) is 7.92. The number of carbonyl (C=O) groups excluding carboxylic acids is 2. The molecule has 0 aliphatic carbocycles. The van der Waals surface area contributed by atoms with Crippen LogP contribution in [0, 0.1) is 0 Å². The number of thiophene rings is 1. The van der Waals surface area contributed by atoms with Crippen molar-refractivity contribution in [1.82, 2.24) is 29.6 Å². The number of hydrogen-bond acceptors (Lipinski definition) is 8. The molecule has 11 heteroatoms. The van der Waals surface area contributed by atoms with Gasteiger partial charge in [-0.15, -0.1) is 11.3 Å². The number of likely N-dealkylation sites (tertiary alicyclic amines) is 1. The minimum absolute atomic E-state index is 0.0578. The third-order valence-corrected chi connectivity index (χ3v) is 6.72. The Morgan fingerprint density at radius 2 is 2.09 bits per heavy atom. The van der Waals surface area contributed by atoms with E-state index in [2.05, 4.69) is 26.8 Å². The Bertz CT molecular complexity index is 1380. The molecule has 0 saturated carbocycles. The van der Waals surface area contributed by atoms with Crippen LogP contribution in [0.15, 0.2) is 55.0 Å². The Morgan fingerprint density at radius 1 is 1.26 bits per heavy atom. The molecule has 0 unspecified atom stereocenters. The van der Waals surface area contributed by atoms with Crippen LogP contribution in [0.3, 0.4) is 0 Å². The van der Waals surface area contributed by atoms with Gasteiger partial charge in [0.25, 0.3) is 5.91 Å². The van der Waals surface area contributed by atoms with Crippen molar-refractivity contribution >= 4 is 45.7 Å². The maximum atomic E-state index is 12.7. The molecule has 5 rings (SSSR count). The lowest BCUT2D eigenvalue weighted by Crippen LogP contribution is -2.40. The maximum Gasteiger partial charge on any atom is 0.256 e. The number of nitrogens with zero attached hydrogens (tertiary/aromatic N) is 6. The summed E-state index contributed by atoms with van der Waals surface area (Å²) in [5.41, 5.74) is 8.64. The third kappa shape index (κ3) is 4.01. The van der Waals surface area contributed by atoms with E-state index in [0.29, 0.717) is 46.9 Å². The number of nitrogens with one attached hydrogen (secondary N) is 1. The molecule has 0 radical (unpaired) electrons. The first-order chi connectivity index (χ1) is 16.5. The second-order valence-corrected chi connectivity index (χ2v) is 8.84. The summed E-state index contributed by atoms with van der Waals surface area (Å²) in [6.07, 6.45) is 7.68. The summed E-state index contributed by atoms with van der Waals surface area (Å²) in [6.45, 7) is 4.79. The van der Waals surface area contributed by atoms with Crippen molar-refractivity contribution in [2.45, 2.75) is 18.9 Å². The number of hydrogen-bond donors (Lipinski definition) is 2. The van der Waals surface area contributed by atoms with E-state index in [0.717, 1.165) is 17.7 Å². The van der Waals surface area contributed by atoms with E-state index in [1.54, 1.807) is 40.9 Å². The normalized spacial score (nSPS) is 15.9. The minimum atomic E-state index is -0.229. The first kappa shape index (κ1) is 21.7. The molecular formula is C23H22N8O2S. The molecular weight excluding hydrogens is 452 g/mol. The Hall–Kier alpha value is -4.12. The lowest BCUT2D eigenvalue weighted by Gasteiger charge is -2.32. The third-order valence-electron chi connectivity index (χ3n) is 5.78. The summed E-state index contributed by atoms with van der Waals surface area (Å²) >= 11 is 1.40. The molecule has 1 saturated heterocycles. The molecule has 1 aliphatic heterocycles. The zero-order chi connectivity index (χ0) is 23.7. The number of amides is 2. The molecule has 3 N–H and O–H groups in total. The topological polar surface area (TPSA) is 132 Å². The number of fused-ring (bicyclic) bond motifs is 1. The maximum absolute atomic E-state index is 12.7. The lowest BCUT2D eigenvalue weighted by atomic mass is 10.1. The number of rotatable bonds is 5. The van der Waals surface area contributed by atoms with E-state index in [4.69, 9.17) is 10.8 Å². The highest BCUT2D eigenvalue weighted by Gasteiger charge is 2.28. The van der Waals surface area contributed by atoms with Gasteiger partial charge in [0.2, 0.25) is 5.91 Å². The number of aromatic nitrogens is 5. The van der Waals surface area contributed by atoms with Crippen molar-refractivity contribution in [3.05, 3.63) is 60.5 Å². The van der Waals surface area contributed by atoms with E-state index in [-0.39, 0.29) is 17.9 Å². The summed E-state index contributed by atoms with van der Waals surface area (Å²) in [6, 6.07) is 5.18. The number of piperidine rings is 1. The molecule has 0 aromatic carbocycles. The van der Waals surface area contributed by atoms with E-state index in [9.17, 15) is 9.59 Å². The number of nitrogen functional groups attached to an aromatic ring is 1. The SMILES string of the molecule is C=CC(=O)N1CCC[C@@H](n2nc(-c3cc(C(=O)Nc4ccncc4)cs3)c3c(N)ncnc32)C1. The first-order valence-electron chi connectivity index (χ1n) is 10.8. The fourth-order valence-corrected chi connectivity index (χ4v) is 5.00. The zero-order valence-corrected chi connectivity index (χ0v) is 19.0. The average Bonchev–Trinajstić information content (AvgIpc) is 3.50. The average molecular weight is 475 g/mol. The minimum Gasteiger partial charge on any atom is -0.383 e. The van der Waals surface area contributed by atoms with Crippen molar-refractivity contribution in [3.63, 3.8) is 0 Å². The smallest absolute Gasteiger partial charge is 0.256 e. The number of carbonyl (C=O) groups is 2. The molecule has 2 amide bonds. The van der Waals surface area contributed by atoms with Gasteiger partial charge in [-0.1, -0.05) is 6.58 Å². The van der Waals surface area contributed by atoms with Crippen LogP contribution in [0.25, 0.3) is 21.6 Å². The molecule has 10 nitrogen and oxygen atoms in total. The summed E-state index contributed by atoms with van der Waals surface area (Å²) in [5, 5.41) is 10.1. The van der Waals surface area contributed by atoms with Gasteiger partial charge in [0.15, 0.2) is 5.65 Å². The van der Waals surface area contributed by atoms with Gasteiger partial charge in [-0.25, -0.2) is 14.6 Å². The van der Waals surface area contributed by atoms with Crippen LogP contribution in [0.4, 0.5) is 11.5 Å². The number of pyridine rings is 1. The van der Waals surface area contributed by atoms with Crippen LogP contribution in [0.1, 0.15) is 29.2 Å². The summed E-state index contributed by atoms with van der Waals surface area (Å²) < 4.78 is 1.83. The van der Waals surface area contributed by atoms with Gasteiger partial charge in [0, 0.05) is 36.6 Å². The Morgan fingerprint density at radius 3 is 2.88 bits per heavy atom. The highest BCUT2D eigenvalue weighted by Crippen LogP contribution is 2.36. The van der Waals surface area contributed by atoms with Crippen molar-refractivity contribution in [1.29, 1.82) is 0 Å². The number of anilines is 2. The molecule has 34 heavy (non-hydrogen) atoms. The predicted octanol–water partition coefficient (Wildman–Crippen LogP) is 3.13. The number of nitrogens with two attached hydrogens (primary N) is 1. The highest BCUT2D eigenvalue weighted by atomic mass is 32.1. The van der Waals surface area contributed by atoms with Gasteiger partial charge >= 0.3 is 0 Å². The fraction of sp³-hybridized carbons (Fsp3) is 0.217. The molecule has 5 heterocycles. The molecule has 0 bridgehead atoms.